The molecule has 0 spiro atoms. The molecule has 1 aromatic rings. The van der Waals surface area contributed by atoms with Crippen molar-refractivity contribution in [2.75, 3.05) is 18.5 Å². The van der Waals surface area contributed by atoms with Gasteiger partial charge in [0, 0.05) is 19.3 Å². The Morgan fingerprint density at radius 3 is 3.00 bits per heavy atom. The van der Waals surface area contributed by atoms with Gasteiger partial charge in [0.25, 0.3) is 0 Å². The van der Waals surface area contributed by atoms with Crippen molar-refractivity contribution in [3.63, 3.8) is 0 Å². The number of carboxylic acid groups (broad SMARTS) is 1. The number of nitrogens with zero attached hydrogens (tertiary/aromatic N) is 1. The Labute approximate surface area is 99.0 Å². The Morgan fingerprint density at radius 2 is 2.29 bits per heavy atom. The Morgan fingerprint density at radius 1 is 1.53 bits per heavy atom. The summed E-state index contributed by atoms with van der Waals surface area (Å²) < 4.78 is 0. The third-order valence-electron chi connectivity index (χ3n) is 2.83. The van der Waals surface area contributed by atoms with Gasteiger partial charge in [-0.2, -0.15) is 0 Å². The highest BCUT2D eigenvalue weighted by atomic mass is 16.4. The maximum atomic E-state index is 11.5. The number of carboxylic acids is 1. The van der Waals surface area contributed by atoms with Crippen LogP contribution in [0.4, 0.5) is 5.69 Å². The molecule has 2 rings (SSSR count). The summed E-state index contributed by atoms with van der Waals surface area (Å²) in [6, 6.07) is 5.76. The smallest absolute Gasteiger partial charge is 0.317 e. The van der Waals surface area contributed by atoms with Crippen molar-refractivity contribution in [3.8, 4) is 0 Å². The molecule has 0 aromatic heterocycles. The van der Waals surface area contributed by atoms with Gasteiger partial charge in [-0.3, -0.25) is 9.59 Å². The molecule has 0 aliphatic carbocycles. The van der Waals surface area contributed by atoms with Crippen molar-refractivity contribution in [1.82, 2.24) is 5.32 Å². The van der Waals surface area contributed by atoms with Crippen LogP contribution in [0.25, 0.3) is 0 Å². The van der Waals surface area contributed by atoms with E-state index in [0.29, 0.717) is 13.0 Å². The zero-order chi connectivity index (χ0) is 12.4. The van der Waals surface area contributed by atoms with Gasteiger partial charge < -0.3 is 15.3 Å². The van der Waals surface area contributed by atoms with E-state index in [2.05, 4.69) is 5.32 Å². The summed E-state index contributed by atoms with van der Waals surface area (Å²) in [7, 11) is 1.76. The first-order chi connectivity index (χ1) is 8.08. The van der Waals surface area contributed by atoms with Gasteiger partial charge in [-0.15, -0.1) is 0 Å². The van der Waals surface area contributed by atoms with E-state index in [1.165, 1.54) is 0 Å². The number of rotatable bonds is 4. The lowest BCUT2D eigenvalue weighted by molar-refractivity contribution is -0.136. The predicted octanol–water partition coefficient (Wildman–Crippen LogP) is 0.380. The van der Waals surface area contributed by atoms with E-state index in [0.717, 1.165) is 16.8 Å². The van der Waals surface area contributed by atoms with Crippen LogP contribution in [0.15, 0.2) is 18.2 Å². The second-order valence-corrected chi connectivity index (χ2v) is 4.09. The van der Waals surface area contributed by atoms with Gasteiger partial charge in [0.05, 0.1) is 13.0 Å². The molecule has 1 aliphatic heterocycles. The van der Waals surface area contributed by atoms with Crippen molar-refractivity contribution >= 4 is 17.6 Å². The molecule has 5 nitrogen and oxygen atoms in total. The van der Waals surface area contributed by atoms with Crippen molar-refractivity contribution in [3.05, 3.63) is 29.3 Å². The number of carbonyl (C=O) groups is 2. The molecule has 0 saturated carbocycles. The molecule has 0 atom stereocenters. The molecular weight excluding hydrogens is 220 g/mol. The summed E-state index contributed by atoms with van der Waals surface area (Å²) >= 11 is 0. The standard InChI is InChI=1S/C12H14N2O3/c1-14-10-3-2-8(6-13-7-12(16)17)4-9(10)5-11(14)15/h2-4,13H,5-7H2,1H3,(H,16,17). The summed E-state index contributed by atoms with van der Waals surface area (Å²) in [6.45, 7) is 0.438. The third-order valence-corrected chi connectivity index (χ3v) is 2.83. The maximum Gasteiger partial charge on any atom is 0.317 e. The van der Waals surface area contributed by atoms with E-state index in [1.54, 1.807) is 11.9 Å². The highest BCUT2D eigenvalue weighted by molar-refractivity contribution is 6.00. The van der Waals surface area contributed by atoms with Gasteiger partial charge in [-0.25, -0.2) is 0 Å². The van der Waals surface area contributed by atoms with Crippen molar-refractivity contribution in [2.24, 2.45) is 0 Å². The lowest BCUT2D eigenvalue weighted by Gasteiger charge is -2.10. The van der Waals surface area contributed by atoms with Crippen LogP contribution in [-0.2, 0) is 22.6 Å². The first-order valence-electron chi connectivity index (χ1n) is 5.39. The zero-order valence-corrected chi connectivity index (χ0v) is 9.56. The number of amides is 1. The molecule has 0 saturated heterocycles. The van der Waals surface area contributed by atoms with Crippen LogP contribution in [0, 0.1) is 0 Å². The fraction of sp³-hybridized carbons (Fsp3) is 0.333. The highest BCUT2D eigenvalue weighted by Gasteiger charge is 2.23. The summed E-state index contributed by atoms with van der Waals surface area (Å²) in [5.74, 6) is -0.781. The van der Waals surface area contributed by atoms with Crippen LogP contribution < -0.4 is 10.2 Å². The number of carbonyl (C=O) groups excluding carboxylic acids is 1. The van der Waals surface area contributed by atoms with Crippen LogP contribution >= 0.6 is 0 Å². The van der Waals surface area contributed by atoms with Crippen LogP contribution in [0.1, 0.15) is 11.1 Å². The van der Waals surface area contributed by atoms with Crippen LogP contribution in [0.5, 0.6) is 0 Å². The highest BCUT2D eigenvalue weighted by Crippen LogP contribution is 2.28. The normalized spacial score (nSPS) is 13.9. The molecule has 0 fully saturated rings. The molecule has 1 heterocycles. The SMILES string of the molecule is CN1C(=O)Cc2cc(CNCC(=O)O)ccc21. The summed E-state index contributed by atoms with van der Waals surface area (Å²) in [5, 5.41) is 11.3. The second-order valence-electron chi connectivity index (χ2n) is 4.09. The monoisotopic (exact) mass is 234 g/mol. The fourth-order valence-electron chi connectivity index (χ4n) is 1.95. The minimum Gasteiger partial charge on any atom is -0.480 e. The van der Waals surface area contributed by atoms with Gasteiger partial charge in [0.15, 0.2) is 0 Å². The molecule has 1 aromatic carbocycles. The lowest BCUT2D eigenvalue weighted by atomic mass is 10.1. The average Bonchev–Trinajstić information content (AvgIpc) is 2.54. The minimum absolute atomic E-state index is 0.0596. The number of anilines is 1. The number of likely N-dealkylation sites (N-methyl/N-ethyl adjacent to an activating group) is 1. The molecule has 0 unspecified atom stereocenters. The van der Waals surface area contributed by atoms with E-state index in [9.17, 15) is 9.59 Å². The van der Waals surface area contributed by atoms with E-state index in [-0.39, 0.29) is 12.5 Å². The molecule has 1 aliphatic rings. The van der Waals surface area contributed by atoms with Crippen LogP contribution in [-0.4, -0.2) is 30.6 Å². The Hall–Kier alpha value is -1.88. The first-order valence-corrected chi connectivity index (χ1v) is 5.39. The predicted molar refractivity (Wildman–Crippen MR) is 62.9 cm³/mol. The van der Waals surface area contributed by atoms with E-state index < -0.39 is 5.97 Å². The molecular formula is C12H14N2O3. The van der Waals surface area contributed by atoms with E-state index in [4.69, 9.17) is 5.11 Å². The molecule has 0 bridgehead atoms. The number of hydrogen-bond acceptors (Lipinski definition) is 3. The molecule has 90 valence electrons. The van der Waals surface area contributed by atoms with Crippen molar-refractivity contribution in [2.45, 2.75) is 13.0 Å². The zero-order valence-electron chi connectivity index (χ0n) is 9.56. The van der Waals surface area contributed by atoms with E-state index >= 15 is 0 Å². The van der Waals surface area contributed by atoms with Gasteiger partial charge >= 0.3 is 5.97 Å². The van der Waals surface area contributed by atoms with Gasteiger partial charge in [0.1, 0.15) is 0 Å². The number of benzene rings is 1. The molecule has 2 N–H and O–H groups in total. The Bertz CT molecular complexity index is 471. The maximum absolute atomic E-state index is 11.5. The van der Waals surface area contributed by atoms with E-state index in [1.807, 2.05) is 18.2 Å². The van der Waals surface area contributed by atoms with Crippen LogP contribution in [0.2, 0.25) is 0 Å². The Balaban J connectivity index is 2.05. The first kappa shape index (κ1) is 11.6. The molecule has 17 heavy (non-hydrogen) atoms. The van der Waals surface area contributed by atoms with Crippen molar-refractivity contribution in [1.29, 1.82) is 0 Å². The molecule has 5 heteroatoms. The number of nitrogens with one attached hydrogen (secondary N) is 1. The number of aliphatic carboxylic acids is 1. The van der Waals surface area contributed by atoms with Crippen molar-refractivity contribution < 1.29 is 14.7 Å². The number of hydrogen-bond donors (Lipinski definition) is 2. The topological polar surface area (TPSA) is 69.6 Å². The van der Waals surface area contributed by atoms with Gasteiger partial charge in [-0.05, 0) is 17.2 Å². The average molecular weight is 234 g/mol. The Kier molecular flexibility index (Phi) is 3.10. The van der Waals surface area contributed by atoms with Crippen LogP contribution in [0.3, 0.4) is 0 Å². The summed E-state index contributed by atoms with van der Waals surface area (Å²) in [4.78, 5) is 23.5. The minimum atomic E-state index is -0.874. The summed E-state index contributed by atoms with van der Waals surface area (Å²) in [6.07, 6.45) is 0.429. The fourth-order valence-corrected chi connectivity index (χ4v) is 1.95. The lowest BCUT2D eigenvalue weighted by Crippen LogP contribution is -2.22. The van der Waals surface area contributed by atoms with Gasteiger partial charge in [0.2, 0.25) is 5.91 Å². The van der Waals surface area contributed by atoms with Gasteiger partial charge in [-0.1, -0.05) is 12.1 Å². The quantitative estimate of drug-likeness (QED) is 0.790. The molecule has 0 radical (unpaired) electrons. The molecule has 1 amide bonds. The number of fused-ring (bicyclic) bond motifs is 1. The summed E-state index contributed by atoms with van der Waals surface area (Å²) in [5.41, 5.74) is 2.94. The largest absolute Gasteiger partial charge is 0.480 e. The second kappa shape index (κ2) is 4.55. The third kappa shape index (κ3) is 2.45.